The SMILES string of the molecule is C#CC(CCC)NCc1cc(Cl)ccc1[N+](=O)[O-]. The van der Waals surface area contributed by atoms with E-state index in [4.69, 9.17) is 18.0 Å². The molecule has 1 atom stereocenters. The number of benzene rings is 1. The molecule has 0 saturated heterocycles. The van der Waals surface area contributed by atoms with Crippen molar-refractivity contribution in [1.29, 1.82) is 0 Å². The zero-order valence-electron chi connectivity index (χ0n) is 10.1. The van der Waals surface area contributed by atoms with E-state index in [0.29, 0.717) is 17.1 Å². The van der Waals surface area contributed by atoms with E-state index in [1.165, 1.54) is 12.1 Å². The van der Waals surface area contributed by atoms with Gasteiger partial charge in [0.25, 0.3) is 5.69 Å². The zero-order valence-corrected chi connectivity index (χ0v) is 10.9. The standard InChI is InChI=1S/C13H15ClN2O2/c1-3-5-12(4-2)15-9-10-8-11(14)6-7-13(10)16(17)18/h2,6-8,12,15H,3,5,9H2,1H3. The van der Waals surface area contributed by atoms with E-state index < -0.39 is 4.92 Å². The third-order valence-corrected chi connectivity index (χ3v) is 2.79. The number of hydrogen-bond donors (Lipinski definition) is 1. The van der Waals surface area contributed by atoms with Crippen LogP contribution in [0.1, 0.15) is 25.3 Å². The maximum Gasteiger partial charge on any atom is 0.273 e. The Morgan fingerprint density at radius 1 is 1.61 bits per heavy atom. The van der Waals surface area contributed by atoms with Crippen LogP contribution in [0.25, 0.3) is 0 Å². The molecule has 0 aliphatic heterocycles. The highest BCUT2D eigenvalue weighted by atomic mass is 35.5. The van der Waals surface area contributed by atoms with Crippen molar-refractivity contribution in [3.05, 3.63) is 38.9 Å². The molecule has 1 aromatic rings. The van der Waals surface area contributed by atoms with Crippen LogP contribution in [0.2, 0.25) is 5.02 Å². The molecule has 0 amide bonds. The zero-order chi connectivity index (χ0) is 13.5. The third-order valence-electron chi connectivity index (χ3n) is 2.56. The minimum Gasteiger partial charge on any atom is -0.299 e. The number of nitro groups is 1. The summed E-state index contributed by atoms with van der Waals surface area (Å²) in [6.45, 7) is 2.37. The number of hydrogen-bond acceptors (Lipinski definition) is 3. The molecule has 0 radical (unpaired) electrons. The molecule has 1 N–H and O–H groups in total. The molecule has 0 saturated carbocycles. The lowest BCUT2D eigenvalue weighted by atomic mass is 10.1. The van der Waals surface area contributed by atoms with Crippen LogP contribution in [0.3, 0.4) is 0 Å². The first-order valence-corrected chi connectivity index (χ1v) is 6.08. The summed E-state index contributed by atoms with van der Waals surface area (Å²) >= 11 is 5.84. The van der Waals surface area contributed by atoms with E-state index in [2.05, 4.69) is 11.2 Å². The Bertz CT molecular complexity index is 469. The van der Waals surface area contributed by atoms with Crippen molar-refractivity contribution in [3.63, 3.8) is 0 Å². The molecule has 0 aliphatic carbocycles. The highest BCUT2D eigenvalue weighted by molar-refractivity contribution is 6.30. The van der Waals surface area contributed by atoms with Gasteiger partial charge in [-0.25, -0.2) is 0 Å². The Morgan fingerprint density at radius 3 is 2.89 bits per heavy atom. The summed E-state index contributed by atoms with van der Waals surface area (Å²) in [5, 5.41) is 14.5. The maximum absolute atomic E-state index is 10.9. The quantitative estimate of drug-likeness (QED) is 0.489. The summed E-state index contributed by atoms with van der Waals surface area (Å²) in [4.78, 5) is 10.4. The normalized spacial score (nSPS) is 11.8. The van der Waals surface area contributed by atoms with Crippen LogP contribution in [-0.2, 0) is 6.54 Å². The van der Waals surface area contributed by atoms with Crippen LogP contribution in [0.4, 0.5) is 5.69 Å². The maximum atomic E-state index is 10.9. The van der Waals surface area contributed by atoms with Crippen molar-refractivity contribution in [2.75, 3.05) is 0 Å². The van der Waals surface area contributed by atoms with Gasteiger partial charge in [0, 0.05) is 23.2 Å². The van der Waals surface area contributed by atoms with E-state index >= 15 is 0 Å². The van der Waals surface area contributed by atoms with Crippen LogP contribution < -0.4 is 5.32 Å². The molecule has 0 aliphatic rings. The van der Waals surface area contributed by atoms with Crippen LogP contribution in [0.15, 0.2) is 18.2 Å². The number of halogens is 1. The number of rotatable bonds is 6. The molecule has 0 aromatic heterocycles. The van der Waals surface area contributed by atoms with Crippen molar-refractivity contribution in [1.82, 2.24) is 5.32 Å². The number of terminal acetylenes is 1. The van der Waals surface area contributed by atoms with E-state index in [-0.39, 0.29) is 11.7 Å². The van der Waals surface area contributed by atoms with Crippen LogP contribution in [0.5, 0.6) is 0 Å². The van der Waals surface area contributed by atoms with E-state index in [1.54, 1.807) is 6.07 Å². The molecule has 5 heteroatoms. The van der Waals surface area contributed by atoms with Crippen molar-refractivity contribution in [2.24, 2.45) is 0 Å². The van der Waals surface area contributed by atoms with Crippen LogP contribution >= 0.6 is 11.6 Å². The molecule has 96 valence electrons. The van der Waals surface area contributed by atoms with Gasteiger partial charge in [-0.2, -0.15) is 0 Å². The van der Waals surface area contributed by atoms with Crippen molar-refractivity contribution < 1.29 is 4.92 Å². The lowest BCUT2D eigenvalue weighted by molar-refractivity contribution is -0.385. The van der Waals surface area contributed by atoms with Crippen molar-refractivity contribution in [3.8, 4) is 12.3 Å². The fourth-order valence-electron chi connectivity index (χ4n) is 1.64. The number of nitrogens with zero attached hydrogens (tertiary/aromatic N) is 1. The Hall–Kier alpha value is -1.57. The average molecular weight is 267 g/mol. The summed E-state index contributed by atoms with van der Waals surface area (Å²) in [6, 6.07) is 4.43. The first kappa shape index (κ1) is 14.5. The Kier molecular flexibility index (Phi) is 5.63. The van der Waals surface area contributed by atoms with E-state index in [1.807, 2.05) is 6.92 Å². The smallest absolute Gasteiger partial charge is 0.273 e. The van der Waals surface area contributed by atoms with Gasteiger partial charge in [0.2, 0.25) is 0 Å². The molecule has 1 rings (SSSR count). The summed E-state index contributed by atoms with van der Waals surface area (Å²) in [7, 11) is 0. The van der Waals surface area contributed by atoms with Gasteiger partial charge in [0.05, 0.1) is 11.0 Å². The fraction of sp³-hybridized carbons (Fsp3) is 0.385. The molecule has 18 heavy (non-hydrogen) atoms. The Morgan fingerprint density at radius 2 is 2.33 bits per heavy atom. The number of nitro benzene ring substituents is 1. The van der Waals surface area contributed by atoms with E-state index in [0.717, 1.165) is 12.8 Å². The van der Waals surface area contributed by atoms with Gasteiger partial charge in [-0.3, -0.25) is 15.4 Å². The van der Waals surface area contributed by atoms with Crippen molar-refractivity contribution >= 4 is 17.3 Å². The second-order valence-corrected chi connectivity index (χ2v) is 4.36. The lowest BCUT2D eigenvalue weighted by Gasteiger charge is -2.12. The summed E-state index contributed by atoms with van der Waals surface area (Å²) in [5.41, 5.74) is 0.600. The van der Waals surface area contributed by atoms with Gasteiger partial charge in [-0.1, -0.05) is 30.9 Å². The van der Waals surface area contributed by atoms with Crippen LogP contribution in [-0.4, -0.2) is 11.0 Å². The molecule has 0 fully saturated rings. The van der Waals surface area contributed by atoms with E-state index in [9.17, 15) is 10.1 Å². The first-order valence-electron chi connectivity index (χ1n) is 5.70. The molecule has 1 aromatic carbocycles. The second-order valence-electron chi connectivity index (χ2n) is 3.92. The monoisotopic (exact) mass is 266 g/mol. The predicted octanol–water partition coefficient (Wildman–Crippen LogP) is 3.14. The highest BCUT2D eigenvalue weighted by Crippen LogP contribution is 2.22. The minimum absolute atomic E-state index is 0.0548. The average Bonchev–Trinajstić information content (AvgIpc) is 2.34. The van der Waals surface area contributed by atoms with Gasteiger partial charge in [-0.05, 0) is 18.6 Å². The first-order chi connectivity index (χ1) is 8.58. The van der Waals surface area contributed by atoms with Gasteiger partial charge in [-0.15, -0.1) is 6.42 Å². The summed E-state index contributed by atoms with van der Waals surface area (Å²) < 4.78 is 0. The Labute approximate surface area is 111 Å². The van der Waals surface area contributed by atoms with Crippen molar-refractivity contribution in [2.45, 2.75) is 32.4 Å². The second kappa shape index (κ2) is 7.00. The molecular weight excluding hydrogens is 252 g/mol. The van der Waals surface area contributed by atoms with Gasteiger partial charge >= 0.3 is 0 Å². The highest BCUT2D eigenvalue weighted by Gasteiger charge is 2.14. The van der Waals surface area contributed by atoms with Gasteiger partial charge in [0.15, 0.2) is 0 Å². The fourth-order valence-corrected chi connectivity index (χ4v) is 1.83. The molecule has 0 spiro atoms. The molecular formula is C13H15ClN2O2. The predicted molar refractivity (Wildman–Crippen MR) is 72.5 cm³/mol. The molecule has 1 unspecified atom stereocenters. The molecule has 0 heterocycles. The van der Waals surface area contributed by atoms with Gasteiger partial charge in [0.1, 0.15) is 0 Å². The number of nitrogens with one attached hydrogen (secondary N) is 1. The third kappa shape index (κ3) is 4.02. The lowest BCUT2D eigenvalue weighted by Crippen LogP contribution is -2.27. The van der Waals surface area contributed by atoms with Gasteiger partial charge < -0.3 is 0 Å². The Balaban J connectivity index is 2.80. The summed E-state index contributed by atoms with van der Waals surface area (Å²) in [5.74, 6) is 2.62. The van der Waals surface area contributed by atoms with Crippen LogP contribution in [0, 0.1) is 22.5 Å². The molecule has 0 bridgehead atoms. The summed E-state index contributed by atoms with van der Waals surface area (Å²) in [6.07, 6.45) is 7.17. The largest absolute Gasteiger partial charge is 0.299 e. The topological polar surface area (TPSA) is 55.2 Å². The molecule has 4 nitrogen and oxygen atoms in total. The minimum atomic E-state index is -0.419.